The Hall–Kier alpha value is -1.02. The van der Waals surface area contributed by atoms with Crippen LogP contribution in [0.25, 0.3) is 4.85 Å². The predicted molar refractivity (Wildman–Crippen MR) is 38.0 cm³/mol. The van der Waals surface area contributed by atoms with E-state index >= 15 is 0 Å². The first-order valence-corrected chi connectivity index (χ1v) is 3.64. The standard InChI is InChI=1S/C8H10N2/c1-10-8-5-3-2-4-7(8)6-9/h7-8H,2-5H2. The highest BCUT2D eigenvalue weighted by Crippen LogP contribution is 2.25. The Morgan fingerprint density at radius 1 is 1.40 bits per heavy atom. The van der Waals surface area contributed by atoms with Gasteiger partial charge in [-0.3, -0.25) is 0 Å². The van der Waals surface area contributed by atoms with E-state index in [0.29, 0.717) is 0 Å². The van der Waals surface area contributed by atoms with Crippen molar-refractivity contribution in [3.63, 3.8) is 0 Å². The van der Waals surface area contributed by atoms with Gasteiger partial charge < -0.3 is 4.85 Å². The fourth-order valence-corrected chi connectivity index (χ4v) is 1.42. The van der Waals surface area contributed by atoms with Crippen molar-refractivity contribution in [2.75, 3.05) is 0 Å². The highest BCUT2D eigenvalue weighted by Gasteiger charge is 2.28. The molecule has 0 amide bonds. The molecule has 1 saturated carbocycles. The van der Waals surface area contributed by atoms with E-state index in [9.17, 15) is 0 Å². The highest BCUT2D eigenvalue weighted by atomic mass is 14.7. The molecule has 1 aliphatic rings. The molecular weight excluding hydrogens is 124 g/mol. The van der Waals surface area contributed by atoms with E-state index in [4.69, 9.17) is 11.8 Å². The first-order valence-electron chi connectivity index (χ1n) is 3.64. The lowest BCUT2D eigenvalue weighted by molar-refractivity contribution is 0.405. The summed E-state index contributed by atoms with van der Waals surface area (Å²) in [7, 11) is 0. The molecule has 0 aromatic heterocycles. The van der Waals surface area contributed by atoms with Crippen LogP contribution >= 0.6 is 0 Å². The van der Waals surface area contributed by atoms with Gasteiger partial charge in [0, 0.05) is 6.42 Å². The number of nitriles is 1. The van der Waals surface area contributed by atoms with Crippen molar-refractivity contribution in [2.24, 2.45) is 5.92 Å². The number of hydrogen-bond donors (Lipinski definition) is 0. The fraction of sp³-hybridized carbons (Fsp3) is 0.750. The minimum atomic E-state index is -0.00116. The van der Waals surface area contributed by atoms with Gasteiger partial charge in [-0.15, -0.1) is 0 Å². The molecule has 0 N–H and O–H groups in total. The summed E-state index contributed by atoms with van der Waals surface area (Å²) in [6, 6.07) is 2.19. The molecule has 2 nitrogen and oxygen atoms in total. The van der Waals surface area contributed by atoms with E-state index in [1.165, 1.54) is 0 Å². The zero-order valence-corrected chi connectivity index (χ0v) is 5.88. The SMILES string of the molecule is [C-]#[N+]C1CCCCC1C#N. The van der Waals surface area contributed by atoms with Crippen LogP contribution in [0, 0.1) is 23.8 Å². The molecule has 2 unspecified atom stereocenters. The Labute approximate surface area is 61.3 Å². The highest BCUT2D eigenvalue weighted by molar-refractivity contribution is 4.99. The summed E-state index contributed by atoms with van der Waals surface area (Å²) in [6.07, 6.45) is 4.13. The average Bonchev–Trinajstić information content (AvgIpc) is 2.04. The van der Waals surface area contributed by atoms with Crippen molar-refractivity contribution >= 4 is 0 Å². The summed E-state index contributed by atoms with van der Waals surface area (Å²) in [5.74, 6) is 0.0197. The van der Waals surface area contributed by atoms with Crippen LogP contribution in [0.2, 0.25) is 0 Å². The molecule has 1 rings (SSSR count). The summed E-state index contributed by atoms with van der Waals surface area (Å²) < 4.78 is 0. The Bertz CT molecular complexity index is 162. The first-order chi connectivity index (χ1) is 4.88. The minimum absolute atomic E-state index is 0.00116. The smallest absolute Gasteiger partial charge is 0.239 e. The second-order valence-corrected chi connectivity index (χ2v) is 2.72. The first kappa shape index (κ1) is 7.09. The molecule has 0 aliphatic heterocycles. The van der Waals surface area contributed by atoms with Gasteiger partial charge in [0.25, 0.3) is 0 Å². The molecule has 2 atom stereocenters. The van der Waals surface area contributed by atoms with E-state index in [-0.39, 0.29) is 12.0 Å². The lowest BCUT2D eigenvalue weighted by Gasteiger charge is -2.16. The summed E-state index contributed by atoms with van der Waals surface area (Å²) in [5.41, 5.74) is 0. The van der Waals surface area contributed by atoms with E-state index < -0.39 is 0 Å². The minimum Gasteiger partial charge on any atom is -0.312 e. The lowest BCUT2D eigenvalue weighted by Crippen LogP contribution is -2.19. The van der Waals surface area contributed by atoms with Gasteiger partial charge in [-0.05, 0) is 12.8 Å². The Morgan fingerprint density at radius 2 is 2.10 bits per heavy atom. The molecule has 0 aromatic rings. The maximum atomic E-state index is 8.60. The van der Waals surface area contributed by atoms with Gasteiger partial charge in [0.1, 0.15) is 5.92 Å². The monoisotopic (exact) mass is 134 g/mol. The molecule has 1 aliphatic carbocycles. The van der Waals surface area contributed by atoms with Gasteiger partial charge in [-0.25, -0.2) is 6.57 Å². The summed E-state index contributed by atoms with van der Waals surface area (Å²) in [4.78, 5) is 3.43. The van der Waals surface area contributed by atoms with Crippen molar-refractivity contribution in [3.8, 4) is 6.07 Å². The largest absolute Gasteiger partial charge is 0.312 e. The number of rotatable bonds is 0. The average molecular weight is 134 g/mol. The second kappa shape index (κ2) is 3.22. The molecule has 0 saturated heterocycles. The molecule has 10 heavy (non-hydrogen) atoms. The zero-order valence-electron chi connectivity index (χ0n) is 5.88. The van der Waals surface area contributed by atoms with Gasteiger partial charge in [0.15, 0.2) is 0 Å². The molecule has 0 spiro atoms. The van der Waals surface area contributed by atoms with E-state index in [0.717, 1.165) is 25.7 Å². The molecule has 2 heteroatoms. The van der Waals surface area contributed by atoms with Crippen LogP contribution in [0.4, 0.5) is 0 Å². The molecule has 52 valence electrons. The van der Waals surface area contributed by atoms with Crippen molar-refractivity contribution in [1.82, 2.24) is 0 Å². The number of nitrogens with zero attached hydrogens (tertiary/aromatic N) is 2. The molecule has 0 radical (unpaired) electrons. The maximum absolute atomic E-state index is 8.60. The second-order valence-electron chi connectivity index (χ2n) is 2.72. The zero-order chi connectivity index (χ0) is 7.40. The van der Waals surface area contributed by atoms with Crippen LogP contribution in [0.1, 0.15) is 25.7 Å². The summed E-state index contributed by atoms with van der Waals surface area (Å²) >= 11 is 0. The predicted octanol–water partition coefficient (Wildman–Crippen LogP) is 1.99. The van der Waals surface area contributed by atoms with Gasteiger partial charge >= 0.3 is 0 Å². The van der Waals surface area contributed by atoms with Crippen LogP contribution < -0.4 is 0 Å². The Balaban J connectivity index is 2.54. The van der Waals surface area contributed by atoms with E-state index in [1.54, 1.807) is 0 Å². The fourth-order valence-electron chi connectivity index (χ4n) is 1.42. The van der Waals surface area contributed by atoms with Crippen molar-refractivity contribution < 1.29 is 0 Å². The third-order valence-electron chi connectivity index (χ3n) is 2.06. The third-order valence-corrected chi connectivity index (χ3v) is 2.06. The van der Waals surface area contributed by atoms with Gasteiger partial charge in [0.2, 0.25) is 6.04 Å². The molecule has 1 fully saturated rings. The summed E-state index contributed by atoms with van der Waals surface area (Å²) in [5, 5.41) is 8.60. The van der Waals surface area contributed by atoms with E-state index in [2.05, 4.69) is 10.9 Å². The Morgan fingerprint density at radius 3 is 2.60 bits per heavy atom. The van der Waals surface area contributed by atoms with Crippen LogP contribution in [-0.2, 0) is 0 Å². The van der Waals surface area contributed by atoms with E-state index in [1.807, 2.05) is 0 Å². The summed E-state index contributed by atoms with van der Waals surface area (Å²) in [6.45, 7) is 6.80. The van der Waals surface area contributed by atoms with Gasteiger partial charge in [-0.2, -0.15) is 5.26 Å². The van der Waals surface area contributed by atoms with Crippen LogP contribution in [0.3, 0.4) is 0 Å². The Kier molecular flexibility index (Phi) is 2.29. The van der Waals surface area contributed by atoms with Crippen molar-refractivity contribution in [1.29, 1.82) is 5.26 Å². The van der Waals surface area contributed by atoms with Crippen molar-refractivity contribution in [3.05, 3.63) is 11.4 Å². The molecule has 0 heterocycles. The lowest BCUT2D eigenvalue weighted by atomic mass is 9.86. The van der Waals surface area contributed by atoms with Crippen LogP contribution in [0.15, 0.2) is 0 Å². The van der Waals surface area contributed by atoms with Crippen LogP contribution in [0.5, 0.6) is 0 Å². The molecule has 0 bridgehead atoms. The topological polar surface area (TPSA) is 28.1 Å². The molecule has 0 aromatic carbocycles. The van der Waals surface area contributed by atoms with Gasteiger partial charge in [-0.1, -0.05) is 6.42 Å². The quantitative estimate of drug-likeness (QED) is 0.465. The molecular formula is C8H10N2. The normalized spacial score (nSPS) is 32.2. The number of hydrogen-bond acceptors (Lipinski definition) is 1. The maximum Gasteiger partial charge on any atom is 0.239 e. The van der Waals surface area contributed by atoms with Crippen LogP contribution in [-0.4, -0.2) is 6.04 Å². The van der Waals surface area contributed by atoms with Gasteiger partial charge in [0.05, 0.1) is 6.07 Å². The van der Waals surface area contributed by atoms with Crippen molar-refractivity contribution in [2.45, 2.75) is 31.7 Å². The third kappa shape index (κ3) is 1.28.